The minimum atomic E-state index is -1.28. The van der Waals surface area contributed by atoms with Crippen LogP contribution in [0, 0.1) is 25.6 Å². The zero-order valence-electron chi connectivity index (χ0n) is 44.9. The summed E-state index contributed by atoms with van der Waals surface area (Å²) in [5.41, 5.74) is 10.1. The SMILES string of the molecule is Cc1ncsc1-c1ccc([C@H](CO)NC(=O)[C@@H]2C[C@@H](O)CN2C(=O)[C@H](C(C)C)n2cc(-c3ccc(COc4c(-c5c(C)c(F)cc6[nH]ncc56)c(C5CC5)cc5c(N(C)[C@H]6CCNC6)nc(OC[C@H](C)F)nc45)cc3)nn2)cc1. The van der Waals surface area contributed by atoms with E-state index < -0.39 is 48.0 Å². The van der Waals surface area contributed by atoms with Crippen molar-refractivity contribution in [3.05, 3.63) is 112 Å². The first-order valence-electron chi connectivity index (χ1n) is 26.9. The molecule has 1 aliphatic carbocycles. The van der Waals surface area contributed by atoms with Gasteiger partial charge in [0.05, 0.1) is 52.7 Å². The molecule has 8 aromatic rings. The molecule has 11 rings (SSSR count). The minimum absolute atomic E-state index is 0.00115. The van der Waals surface area contributed by atoms with Crippen LogP contribution in [0.15, 0.2) is 78.6 Å². The van der Waals surface area contributed by atoms with Crippen molar-refractivity contribution in [2.75, 3.05) is 44.8 Å². The van der Waals surface area contributed by atoms with Gasteiger partial charge in [-0.05, 0) is 98.4 Å². The van der Waals surface area contributed by atoms with Crippen LogP contribution >= 0.6 is 11.3 Å². The summed E-state index contributed by atoms with van der Waals surface area (Å²) < 4.78 is 44.9. The number of aromatic nitrogens is 8. The monoisotopic (exact) mass is 1090 g/mol. The molecule has 3 aliphatic rings. The second-order valence-corrected chi connectivity index (χ2v) is 22.4. The van der Waals surface area contributed by atoms with Gasteiger partial charge in [0.1, 0.15) is 54.3 Å². The van der Waals surface area contributed by atoms with Gasteiger partial charge in [0.15, 0.2) is 5.75 Å². The number of ether oxygens (including phenoxy) is 2. The summed E-state index contributed by atoms with van der Waals surface area (Å²) in [6.07, 6.45) is 3.99. The molecule has 79 heavy (non-hydrogen) atoms. The fourth-order valence-corrected chi connectivity index (χ4v) is 11.9. The number of fused-ring (bicyclic) bond motifs is 2. The van der Waals surface area contributed by atoms with E-state index >= 15 is 4.39 Å². The van der Waals surface area contributed by atoms with E-state index in [1.54, 1.807) is 24.8 Å². The summed E-state index contributed by atoms with van der Waals surface area (Å²) in [5, 5.41) is 45.3. The Bertz CT molecular complexity index is 3520. The number of β-amino-alcohol motifs (C(OH)–C–C–N with tert-alkyl or cyclic N) is 1. The van der Waals surface area contributed by atoms with Crippen LogP contribution in [0.25, 0.3) is 54.6 Å². The lowest BCUT2D eigenvalue weighted by molar-refractivity contribution is -0.142. The molecule has 3 fully saturated rings. The predicted molar refractivity (Wildman–Crippen MR) is 297 cm³/mol. The minimum Gasteiger partial charge on any atom is -0.486 e. The number of alkyl halides is 1. The molecule has 2 saturated heterocycles. The molecule has 18 nitrogen and oxygen atoms in total. The van der Waals surface area contributed by atoms with Crippen molar-refractivity contribution in [1.82, 2.24) is 55.7 Å². The van der Waals surface area contributed by atoms with Crippen LogP contribution in [0.4, 0.5) is 14.6 Å². The van der Waals surface area contributed by atoms with Gasteiger partial charge in [-0.1, -0.05) is 67.6 Å². The van der Waals surface area contributed by atoms with Gasteiger partial charge in [0.2, 0.25) is 11.8 Å². The number of carbonyl (C=O) groups excluding carboxylic acids is 2. The molecule has 4 aromatic heterocycles. The van der Waals surface area contributed by atoms with Crippen LogP contribution in [0.1, 0.15) is 92.4 Å². The van der Waals surface area contributed by atoms with Crippen molar-refractivity contribution in [3.8, 4) is 44.6 Å². The van der Waals surface area contributed by atoms with Crippen LogP contribution < -0.4 is 25.0 Å². The highest BCUT2D eigenvalue weighted by Gasteiger charge is 2.43. The van der Waals surface area contributed by atoms with Gasteiger partial charge in [-0.3, -0.25) is 14.7 Å². The number of aryl methyl sites for hydroxylation is 1. The highest BCUT2D eigenvalue weighted by atomic mass is 32.1. The third kappa shape index (κ3) is 10.8. The van der Waals surface area contributed by atoms with Gasteiger partial charge in [-0.15, -0.1) is 16.4 Å². The van der Waals surface area contributed by atoms with Crippen molar-refractivity contribution in [1.29, 1.82) is 0 Å². The van der Waals surface area contributed by atoms with Crippen LogP contribution in [-0.4, -0.2) is 131 Å². The molecule has 0 radical (unpaired) electrons. The lowest BCUT2D eigenvalue weighted by atomic mass is 9.88. The molecular formula is C58H64F2N12O6S. The molecule has 21 heteroatoms. The Labute approximate surface area is 459 Å². The number of carbonyl (C=O) groups is 2. The van der Waals surface area contributed by atoms with Crippen molar-refractivity contribution < 1.29 is 38.1 Å². The van der Waals surface area contributed by atoms with Crippen LogP contribution in [0.5, 0.6) is 11.8 Å². The largest absolute Gasteiger partial charge is 0.486 e. The fourth-order valence-electron chi connectivity index (χ4n) is 11.1. The number of aliphatic hydroxyl groups is 2. The first-order valence-corrected chi connectivity index (χ1v) is 27.8. The van der Waals surface area contributed by atoms with E-state index in [1.165, 1.54) is 33.9 Å². The van der Waals surface area contributed by atoms with Gasteiger partial charge in [-0.25, -0.2) is 18.4 Å². The molecule has 1 saturated carbocycles. The average molecular weight is 1100 g/mol. The number of likely N-dealkylation sites (tertiary alicyclic amines) is 1. The summed E-state index contributed by atoms with van der Waals surface area (Å²) in [5.74, 6) is -0.358. The summed E-state index contributed by atoms with van der Waals surface area (Å²) >= 11 is 1.54. The zero-order valence-corrected chi connectivity index (χ0v) is 45.7. The van der Waals surface area contributed by atoms with Crippen molar-refractivity contribution >= 4 is 50.8 Å². The number of hydrogen-bond acceptors (Lipinski definition) is 15. The molecule has 0 bridgehead atoms. The Morgan fingerprint density at radius 2 is 1.76 bits per heavy atom. The number of hydrogen-bond donors (Lipinski definition) is 5. The summed E-state index contributed by atoms with van der Waals surface area (Å²) in [6.45, 7) is 9.90. The summed E-state index contributed by atoms with van der Waals surface area (Å²) in [7, 11) is 2.00. The number of aromatic amines is 1. The maximum absolute atomic E-state index is 16.0. The number of nitrogens with zero attached hydrogens (tertiary/aromatic N) is 9. The lowest BCUT2D eigenvalue weighted by Gasteiger charge is -2.30. The smallest absolute Gasteiger partial charge is 0.319 e. The molecule has 6 atom stereocenters. The molecule has 2 aliphatic heterocycles. The number of halogens is 2. The van der Waals surface area contributed by atoms with Crippen molar-refractivity contribution in [3.63, 3.8) is 0 Å². The fraction of sp³-hybridized carbons (Fsp3) is 0.414. The van der Waals surface area contributed by atoms with Gasteiger partial charge in [0, 0.05) is 60.1 Å². The normalized spacial score (nSPS) is 18.6. The number of thiazole rings is 1. The maximum Gasteiger partial charge on any atom is 0.319 e. The molecular weight excluding hydrogens is 1030 g/mol. The van der Waals surface area contributed by atoms with E-state index in [-0.39, 0.29) is 56.7 Å². The van der Waals surface area contributed by atoms with E-state index in [1.807, 2.05) is 76.3 Å². The van der Waals surface area contributed by atoms with E-state index in [0.29, 0.717) is 50.5 Å². The third-order valence-electron chi connectivity index (χ3n) is 15.5. The van der Waals surface area contributed by atoms with Gasteiger partial charge in [-0.2, -0.15) is 15.1 Å². The Hall–Kier alpha value is -7.46. The van der Waals surface area contributed by atoms with E-state index in [9.17, 15) is 24.2 Å². The van der Waals surface area contributed by atoms with E-state index in [4.69, 9.17) is 19.4 Å². The Kier molecular flexibility index (Phi) is 15.1. The summed E-state index contributed by atoms with van der Waals surface area (Å²) in [6, 6.07) is 16.3. The zero-order chi connectivity index (χ0) is 55.2. The number of anilines is 1. The number of nitrogens with one attached hydrogen (secondary N) is 3. The van der Waals surface area contributed by atoms with E-state index in [2.05, 4.69) is 47.1 Å². The lowest BCUT2D eigenvalue weighted by Crippen LogP contribution is -2.50. The number of likely N-dealkylation sites (N-methyl/N-ethyl adjacent to an activating group) is 1. The van der Waals surface area contributed by atoms with Crippen LogP contribution in [0.3, 0.4) is 0 Å². The standard InChI is InChI=1S/C58H64F2N12O6S/c1-30(2)52(57(76)71-24-40(74)19-48(71)56(75)64-47(26-73)37-13-15-38(16-14-37)54-33(5)62-29-79-54)72-25-46(68-69-72)36-9-7-34(8-10-36)28-77-53-50(49-32(4)44(60)21-45-43(49)23-63-67-45)41(35-11-12-35)20-42-51(53)65-58(78-27-31(3)59)66-55(42)70(6)39-17-18-61-22-39/h7-10,13-16,20-21,23,25,29-31,35,39-40,47-48,52,61,73-74H,11-12,17-19,22,24,26-28H2,1-6H3,(H,63,67)(H,64,75)/t31-,39-,40+,47-,48-,52-/m0/s1. The highest BCUT2D eigenvalue weighted by Crippen LogP contribution is 2.53. The Balaban J connectivity index is 0.869. The van der Waals surface area contributed by atoms with Gasteiger partial charge < -0.3 is 40.1 Å². The first-order chi connectivity index (χ1) is 38.1. The quantitative estimate of drug-likeness (QED) is 0.0514. The van der Waals surface area contributed by atoms with Crippen LogP contribution in [0.2, 0.25) is 0 Å². The Morgan fingerprint density at radius 1 is 0.987 bits per heavy atom. The topological polar surface area (TPSA) is 222 Å². The van der Waals surface area contributed by atoms with E-state index in [0.717, 1.165) is 75.9 Å². The number of benzene rings is 4. The van der Waals surface area contributed by atoms with Crippen molar-refractivity contribution in [2.24, 2.45) is 5.92 Å². The predicted octanol–water partition coefficient (Wildman–Crippen LogP) is 8.31. The first kappa shape index (κ1) is 53.5. The summed E-state index contributed by atoms with van der Waals surface area (Å²) in [4.78, 5) is 47.3. The number of aliphatic hydroxyl groups excluding tert-OH is 2. The molecule has 4 aromatic carbocycles. The van der Waals surface area contributed by atoms with Gasteiger partial charge in [0.25, 0.3) is 0 Å². The third-order valence-corrected chi connectivity index (χ3v) is 16.5. The maximum atomic E-state index is 16.0. The molecule has 0 unspecified atom stereocenters. The van der Waals surface area contributed by atoms with Gasteiger partial charge >= 0.3 is 6.01 Å². The van der Waals surface area contributed by atoms with Crippen LogP contribution in [-0.2, 0) is 16.2 Å². The molecule has 6 heterocycles. The Morgan fingerprint density at radius 3 is 2.44 bits per heavy atom. The number of H-pyrrole nitrogens is 1. The second kappa shape index (κ2) is 22.4. The molecule has 0 spiro atoms. The molecule has 5 N–H and O–H groups in total. The molecule has 412 valence electrons. The van der Waals surface area contributed by atoms with Crippen molar-refractivity contribution in [2.45, 2.75) is 109 Å². The molecule has 2 amide bonds. The number of rotatable bonds is 19. The number of amides is 2. The second-order valence-electron chi connectivity index (χ2n) is 21.5. The average Bonchev–Trinajstić information content (AvgIpc) is 4.23. The highest BCUT2D eigenvalue weighted by molar-refractivity contribution is 7.13.